The van der Waals surface area contributed by atoms with Crippen LogP contribution in [0.25, 0.3) is 0 Å². The molecule has 31 heavy (non-hydrogen) atoms. The average molecular weight is 490 g/mol. The zero-order valence-corrected chi connectivity index (χ0v) is 19.7. The van der Waals surface area contributed by atoms with Gasteiger partial charge in [-0.15, -0.1) is 0 Å². The Hall–Kier alpha value is -2.31. The van der Waals surface area contributed by atoms with Crippen LogP contribution in [0.2, 0.25) is 15.1 Å². The molecule has 0 saturated heterocycles. The van der Waals surface area contributed by atoms with Crippen LogP contribution in [0.1, 0.15) is 11.1 Å². The predicted octanol–water partition coefficient (Wildman–Crippen LogP) is 6.25. The Morgan fingerprint density at radius 1 is 1.00 bits per heavy atom. The number of rotatable bonds is 3. The van der Waals surface area contributed by atoms with Crippen molar-refractivity contribution < 1.29 is 0 Å². The van der Waals surface area contributed by atoms with Crippen molar-refractivity contribution in [1.29, 1.82) is 0 Å². The zero-order chi connectivity index (χ0) is 22.0. The molecule has 1 aliphatic heterocycles. The van der Waals surface area contributed by atoms with Gasteiger partial charge in [0.05, 0.1) is 23.0 Å². The van der Waals surface area contributed by atoms with Crippen molar-refractivity contribution >= 4 is 69.2 Å². The van der Waals surface area contributed by atoms with Gasteiger partial charge in [-0.25, -0.2) is 0 Å². The van der Waals surface area contributed by atoms with Crippen molar-refractivity contribution in [2.24, 2.45) is 4.99 Å². The van der Waals surface area contributed by atoms with Crippen LogP contribution in [0, 0.1) is 0 Å². The first-order valence-electron chi connectivity index (χ1n) is 9.57. The number of benzodiazepines with no additional fused rings is 1. The molecule has 1 unspecified atom stereocenters. The van der Waals surface area contributed by atoms with Gasteiger partial charge in [0, 0.05) is 33.9 Å². The first kappa shape index (κ1) is 21.9. The van der Waals surface area contributed by atoms with Crippen LogP contribution in [-0.4, -0.2) is 30.6 Å². The highest BCUT2D eigenvalue weighted by atomic mass is 35.5. The van der Waals surface area contributed by atoms with Gasteiger partial charge in [-0.1, -0.05) is 65.1 Å². The fourth-order valence-electron chi connectivity index (χ4n) is 3.46. The molecule has 1 aliphatic rings. The number of aliphatic imine (C=N–C) groups is 1. The molecule has 4 rings (SSSR count). The number of nitrogens with one attached hydrogen (secondary N) is 2. The number of likely N-dealkylation sites (N-methyl/N-ethyl adjacent to an activating group) is 1. The Balaban J connectivity index is 1.66. The van der Waals surface area contributed by atoms with Crippen LogP contribution in [0.4, 0.5) is 11.4 Å². The van der Waals surface area contributed by atoms with E-state index < -0.39 is 0 Å². The van der Waals surface area contributed by atoms with Crippen molar-refractivity contribution in [3.8, 4) is 0 Å². The van der Waals surface area contributed by atoms with Gasteiger partial charge in [-0.3, -0.25) is 4.99 Å². The summed E-state index contributed by atoms with van der Waals surface area (Å²) in [4.78, 5) is 7.16. The molecule has 3 aromatic rings. The number of anilines is 2. The Morgan fingerprint density at radius 3 is 2.48 bits per heavy atom. The minimum atomic E-state index is -0.302. The highest BCUT2D eigenvalue weighted by Gasteiger charge is 2.23. The highest BCUT2D eigenvalue weighted by Crippen LogP contribution is 2.29. The van der Waals surface area contributed by atoms with Gasteiger partial charge in [0.1, 0.15) is 6.17 Å². The highest BCUT2D eigenvalue weighted by molar-refractivity contribution is 7.80. The van der Waals surface area contributed by atoms with Gasteiger partial charge >= 0.3 is 0 Å². The molecule has 0 aliphatic carbocycles. The molecule has 0 amide bonds. The molecule has 1 atom stereocenters. The second-order valence-corrected chi connectivity index (χ2v) is 8.81. The third kappa shape index (κ3) is 5.13. The fraction of sp³-hybridized carbons (Fsp3) is 0.130. The van der Waals surface area contributed by atoms with Crippen LogP contribution in [-0.2, 0) is 0 Å². The summed E-state index contributed by atoms with van der Waals surface area (Å²) < 4.78 is 0. The van der Waals surface area contributed by atoms with Crippen LogP contribution >= 0.6 is 47.0 Å². The third-order valence-corrected chi connectivity index (χ3v) is 5.90. The van der Waals surface area contributed by atoms with Gasteiger partial charge in [-0.2, -0.15) is 0 Å². The van der Waals surface area contributed by atoms with E-state index in [9.17, 15) is 0 Å². The maximum Gasteiger partial charge on any atom is 0.172 e. The largest absolute Gasteiger partial charge is 0.370 e. The Labute approximate surface area is 201 Å². The quantitative estimate of drug-likeness (QED) is 0.427. The molecule has 0 fully saturated rings. The lowest BCUT2D eigenvalue weighted by atomic mass is 10.0. The Kier molecular flexibility index (Phi) is 6.68. The van der Waals surface area contributed by atoms with Gasteiger partial charge in [0.2, 0.25) is 0 Å². The van der Waals surface area contributed by atoms with E-state index >= 15 is 0 Å². The van der Waals surface area contributed by atoms with Crippen LogP contribution < -0.4 is 15.5 Å². The first-order chi connectivity index (χ1) is 14.9. The fourth-order valence-corrected chi connectivity index (χ4v) is 4.22. The molecule has 2 N–H and O–H groups in total. The van der Waals surface area contributed by atoms with Crippen LogP contribution in [0.3, 0.4) is 0 Å². The number of nitrogens with zero attached hydrogens (tertiary/aromatic N) is 2. The van der Waals surface area contributed by atoms with E-state index in [1.807, 2.05) is 55.6 Å². The van der Waals surface area contributed by atoms with Gasteiger partial charge < -0.3 is 15.5 Å². The summed E-state index contributed by atoms with van der Waals surface area (Å²) in [5.41, 5.74) is 4.51. The van der Waals surface area contributed by atoms with Gasteiger partial charge in [0.25, 0.3) is 0 Å². The molecule has 158 valence electrons. The molecule has 3 aromatic carbocycles. The van der Waals surface area contributed by atoms with E-state index in [1.54, 1.807) is 18.2 Å². The standard InChI is InChI=1S/C23H19Cl3N4S/c1-30-13-21(29-23(31)27-19-12-16(25)7-9-18(19)26)28-22(14-5-3-2-4-6-14)17-11-15(24)8-10-20(17)30/h2-12,21H,13H2,1H3,(H2,27,29,31). The lowest BCUT2D eigenvalue weighted by molar-refractivity contribution is 0.635. The van der Waals surface area contributed by atoms with Gasteiger partial charge in [-0.05, 0) is 48.6 Å². The van der Waals surface area contributed by atoms with Crippen molar-refractivity contribution in [1.82, 2.24) is 5.32 Å². The molecule has 0 spiro atoms. The average Bonchev–Trinajstić information content (AvgIpc) is 2.87. The maximum atomic E-state index is 6.33. The van der Waals surface area contributed by atoms with Gasteiger partial charge in [0.15, 0.2) is 5.11 Å². The monoisotopic (exact) mass is 488 g/mol. The minimum Gasteiger partial charge on any atom is -0.370 e. The second-order valence-electron chi connectivity index (χ2n) is 7.12. The lowest BCUT2D eigenvalue weighted by Crippen LogP contribution is -2.43. The van der Waals surface area contributed by atoms with Crippen molar-refractivity contribution in [2.45, 2.75) is 6.17 Å². The Bertz CT molecular complexity index is 1150. The molecular formula is C23H19Cl3N4S. The van der Waals surface area contributed by atoms with E-state index in [1.165, 1.54) is 0 Å². The normalized spacial score (nSPS) is 15.5. The van der Waals surface area contributed by atoms with Crippen molar-refractivity contribution in [2.75, 3.05) is 23.8 Å². The van der Waals surface area contributed by atoms with Crippen LogP contribution in [0.5, 0.6) is 0 Å². The molecular weight excluding hydrogens is 471 g/mol. The maximum absolute atomic E-state index is 6.33. The number of halogens is 3. The number of hydrogen-bond donors (Lipinski definition) is 2. The molecule has 4 nitrogen and oxygen atoms in total. The lowest BCUT2D eigenvalue weighted by Gasteiger charge is -2.24. The topological polar surface area (TPSA) is 39.7 Å². The molecule has 1 heterocycles. The summed E-state index contributed by atoms with van der Waals surface area (Å²) in [5.74, 6) is 0. The number of hydrogen-bond acceptors (Lipinski definition) is 3. The van der Waals surface area contributed by atoms with E-state index in [-0.39, 0.29) is 6.17 Å². The van der Waals surface area contributed by atoms with Crippen LogP contribution in [0.15, 0.2) is 71.7 Å². The molecule has 0 aromatic heterocycles. The SMILES string of the molecule is CN1CC(NC(=S)Nc2cc(Cl)ccc2Cl)N=C(c2ccccc2)c2cc(Cl)ccc21. The third-order valence-electron chi connectivity index (χ3n) is 4.88. The molecule has 8 heteroatoms. The molecule has 0 bridgehead atoms. The van der Waals surface area contributed by atoms with E-state index in [0.29, 0.717) is 32.4 Å². The number of fused-ring (bicyclic) bond motifs is 1. The Morgan fingerprint density at radius 2 is 1.71 bits per heavy atom. The van der Waals surface area contributed by atoms with Crippen molar-refractivity contribution in [3.05, 3.63) is 92.9 Å². The number of thiocarbonyl (C=S) groups is 1. The van der Waals surface area contributed by atoms with Crippen molar-refractivity contribution in [3.63, 3.8) is 0 Å². The molecule has 0 saturated carbocycles. The van der Waals surface area contributed by atoms with E-state index in [2.05, 4.69) is 15.5 Å². The summed E-state index contributed by atoms with van der Waals surface area (Å²) in [6.07, 6.45) is -0.302. The summed E-state index contributed by atoms with van der Waals surface area (Å²) in [5, 5.41) is 8.57. The number of benzene rings is 3. The van der Waals surface area contributed by atoms with E-state index in [0.717, 1.165) is 22.5 Å². The zero-order valence-electron chi connectivity index (χ0n) is 16.6. The summed E-state index contributed by atoms with van der Waals surface area (Å²) >= 11 is 24.2. The first-order valence-corrected chi connectivity index (χ1v) is 11.1. The summed E-state index contributed by atoms with van der Waals surface area (Å²) in [7, 11) is 2.02. The van der Waals surface area contributed by atoms with E-state index in [4.69, 9.17) is 52.0 Å². The summed E-state index contributed by atoms with van der Waals surface area (Å²) in [6.45, 7) is 0.607. The summed E-state index contributed by atoms with van der Waals surface area (Å²) in [6, 6.07) is 21.1. The second kappa shape index (κ2) is 9.45. The predicted molar refractivity (Wildman–Crippen MR) is 136 cm³/mol. The smallest absolute Gasteiger partial charge is 0.172 e. The minimum absolute atomic E-state index is 0.302. The molecule has 0 radical (unpaired) electrons.